The van der Waals surface area contributed by atoms with Crippen molar-refractivity contribution in [1.29, 1.82) is 0 Å². The average molecular weight is 349 g/mol. The number of amides is 1. The second-order valence-corrected chi connectivity index (χ2v) is 5.73. The molecule has 0 radical (unpaired) electrons. The van der Waals surface area contributed by atoms with Gasteiger partial charge in [-0.2, -0.15) is 0 Å². The molecule has 6 nitrogen and oxygen atoms in total. The highest BCUT2D eigenvalue weighted by atomic mass is 35.5. The Balaban J connectivity index is 1.94. The standard InChI is InChI=1S/C17H17ClN2O4/c1-12-10-13(6-7-16(12)20(22)23)17(21)19(2)8-9-24-15-5-3-4-14(18)11-15/h3-7,10-11H,8-9H2,1-2H3. The second kappa shape index (κ2) is 7.79. The number of nitrogens with zero attached hydrogens (tertiary/aromatic N) is 2. The summed E-state index contributed by atoms with van der Waals surface area (Å²) in [5.41, 5.74) is 0.858. The first-order valence-electron chi connectivity index (χ1n) is 7.27. The number of rotatable bonds is 6. The third-order valence-electron chi connectivity index (χ3n) is 3.48. The summed E-state index contributed by atoms with van der Waals surface area (Å²) in [7, 11) is 1.65. The van der Waals surface area contributed by atoms with E-state index in [1.807, 2.05) is 0 Å². The third kappa shape index (κ3) is 4.45. The fourth-order valence-corrected chi connectivity index (χ4v) is 2.35. The van der Waals surface area contributed by atoms with Gasteiger partial charge in [-0.25, -0.2) is 0 Å². The Bertz CT molecular complexity index is 764. The third-order valence-corrected chi connectivity index (χ3v) is 3.71. The average Bonchev–Trinajstić information content (AvgIpc) is 2.53. The number of aryl methyl sites for hydroxylation is 1. The van der Waals surface area contributed by atoms with E-state index in [1.165, 1.54) is 23.1 Å². The van der Waals surface area contributed by atoms with Gasteiger partial charge in [-0.3, -0.25) is 14.9 Å². The van der Waals surface area contributed by atoms with Crippen LogP contribution in [0.5, 0.6) is 5.75 Å². The minimum Gasteiger partial charge on any atom is -0.492 e. The highest BCUT2D eigenvalue weighted by Crippen LogP contribution is 2.20. The highest BCUT2D eigenvalue weighted by Gasteiger charge is 2.16. The van der Waals surface area contributed by atoms with Crippen molar-refractivity contribution in [2.45, 2.75) is 6.92 Å². The van der Waals surface area contributed by atoms with Crippen molar-refractivity contribution >= 4 is 23.2 Å². The van der Waals surface area contributed by atoms with Gasteiger partial charge in [0.1, 0.15) is 12.4 Å². The van der Waals surface area contributed by atoms with E-state index >= 15 is 0 Å². The van der Waals surface area contributed by atoms with Crippen LogP contribution in [0.1, 0.15) is 15.9 Å². The molecule has 1 amide bonds. The molecule has 0 heterocycles. The number of nitro benzene ring substituents is 1. The summed E-state index contributed by atoms with van der Waals surface area (Å²) in [5, 5.41) is 11.4. The molecule has 2 aromatic carbocycles. The molecule has 24 heavy (non-hydrogen) atoms. The summed E-state index contributed by atoms with van der Waals surface area (Å²) in [6.07, 6.45) is 0. The van der Waals surface area contributed by atoms with Gasteiger partial charge in [0.2, 0.25) is 0 Å². The molecule has 7 heteroatoms. The fraction of sp³-hybridized carbons (Fsp3) is 0.235. The van der Waals surface area contributed by atoms with E-state index in [-0.39, 0.29) is 11.6 Å². The summed E-state index contributed by atoms with van der Waals surface area (Å²) in [4.78, 5) is 24.2. The Morgan fingerprint density at radius 3 is 2.67 bits per heavy atom. The summed E-state index contributed by atoms with van der Waals surface area (Å²) >= 11 is 5.87. The van der Waals surface area contributed by atoms with Gasteiger partial charge < -0.3 is 9.64 Å². The predicted molar refractivity (Wildman–Crippen MR) is 91.7 cm³/mol. The predicted octanol–water partition coefficient (Wildman–Crippen LogP) is 3.71. The van der Waals surface area contributed by atoms with E-state index in [4.69, 9.17) is 16.3 Å². The van der Waals surface area contributed by atoms with Gasteiger partial charge in [-0.15, -0.1) is 0 Å². The highest BCUT2D eigenvalue weighted by molar-refractivity contribution is 6.30. The zero-order valence-electron chi connectivity index (χ0n) is 13.4. The lowest BCUT2D eigenvalue weighted by atomic mass is 10.1. The van der Waals surface area contributed by atoms with Crippen molar-refractivity contribution in [3.63, 3.8) is 0 Å². The van der Waals surface area contributed by atoms with Gasteiger partial charge in [-0.1, -0.05) is 17.7 Å². The smallest absolute Gasteiger partial charge is 0.272 e. The molecule has 0 fully saturated rings. The number of carbonyl (C=O) groups is 1. The fourth-order valence-electron chi connectivity index (χ4n) is 2.17. The summed E-state index contributed by atoms with van der Waals surface area (Å²) in [5.74, 6) is 0.414. The quantitative estimate of drug-likeness (QED) is 0.589. The lowest BCUT2D eigenvalue weighted by Crippen LogP contribution is -2.30. The van der Waals surface area contributed by atoms with Crippen LogP contribution in [-0.2, 0) is 0 Å². The molecule has 0 aromatic heterocycles. The first-order valence-corrected chi connectivity index (χ1v) is 7.65. The molecule has 0 saturated carbocycles. The van der Waals surface area contributed by atoms with E-state index in [0.29, 0.717) is 35.1 Å². The van der Waals surface area contributed by atoms with Crippen molar-refractivity contribution in [2.24, 2.45) is 0 Å². The molecule has 0 atom stereocenters. The van der Waals surface area contributed by atoms with Crippen molar-refractivity contribution in [3.05, 3.63) is 68.7 Å². The number of halogens is 1. The van der Waals surface area contributed by atoms with Crippen molar-refractivity contribution < 1.29 is 14.5 Å². The van der Waals surface area contributed by atoms with Crippen molar-refractivity contribution in [3.8, 4) is 5.75 Å². The van der Waals surface area contributed by atoms with Gasteiger partial charge in [0, 0.05) is 29.3 Å². The number of ether oxygens (including phenoxy) is 1. The molecule has 0 unspecified atom stereocenters. The van der Waals surface area contributed by atoms with E-state index in [2.05, 4.69) is 0 Å². The van der Waals surface area contributed by atoms with Crippen molar-refractivity contribution in [1.82, 2.24) is 4.90 Å². The van der Waals surface area contributed by atoms with E-state index < -0.39 is 4.92 Å². The minimum absolute atomic E-state index is 0.00140. The summed E-state index contributed by atoms with van der Waals surface area (Å²) in [6, 6.07) is 11.3. The topological polar surface area (TPSA) is 72.7 Å². The lowest BCUT2D eigenvalue weighted by molar-refractivity contribution is -0.385. The number of hydrogen-bond donors (Lipinski definition) is 0. The molecule has 0 aliphatic carbocycles. The van der Waals surface area contributed by atoms with Crippen LogP contribution < -0.4 is 4.74 Å². The summed E-state index contributed by atoms with van der Waals surface area (Å²) < 4.78 is 5.55. The Morgan fingerprint density at radius 2 is 2.04 bits per heavy atom. The van der Waals surface area contributed by atoms with E-state index in [1.54, 1.807) is 38.2 Å². The SMILES string of the molecule is Cc1cc(C(=O)N(C)CCOc2cccc(Cl)c2)ccc1[N+](=O)[O-]. The minimum atomic E-state index is -0.466. The Morgan fingerprint density at radius 1 is 1.29 bits per heavy atom. The molecule has 0 spiro atoms. The molecule has 2 aromatic rings. The molecule has 0 aliphatic rings. The van der Waals surface area contributed by atoms with Crippen LogP contribution in [0.2, 0.25) is 5.02 Å². The second-order valence-electron chi connectivity index (χ2n) is 5.29. The monoisotopic (exact) mass is 348 g/mol. The van der Waals surface area contributed by atoms with Crippen LogP contribution in [-0.4, -0.2) is 35.9 Å². The summed E-state index contributed by atoms with van der Waals surface area (Å²) in [6.45, 7) is 2.30. The number of carbonyl (C=O) groups excluding carboxylic acids is 1. The van der Waals surface area contributed by atoms with Gasteiger partial charge in [-0.05, 0) is 37.3 Å². The molecule has 126 valence electrons. The maximum absolute atomic E-state index is 12.4. The van der Waals surface area contributed by atoms with Crippen LogP contribution in [0.3, 0.4) is 0 Å². The number of hydrogen-bond acceptors (Lipinski definition) is 4. The van der Waals surface area contributed by atoms with Crippen LogP contribution in [0.4, 0.5) is 5.69 Å². The zero-order chi connectivity index (χ0) is 17.7. The van der Waals surface area contributed by atoms with Gasteiger partial charge in [0.15, 0.2) is 0 Å². The molecule has 0 saturated heterocycles. The van der Waals surface area contributed by atoms with Crippen LogP contribution in [0, 0.1) is 17.0 Å². The van der Waals surface area contributed by atoms with Gasteiger partial charge in [0.05, 0.1) is 11.5 Å². The molecule has 0 aliphatic heterocycles. The first kappa shape index (κ1) is 17.7. The number of benzene rings is 2. The van der Waals surface area contributed by atoms with Gasteiger partial charge >= 0.3 is 0 Å². The Labute approximate surface area is 144 Å². The van der Waals surface area contributed by atoms with Crippen LogP contribution in [0.15, 0.2) is 42.5 Å². The molecular formula is C17H17ClN2O4. The molecular weight excluding hydrogens is 332 g/mol. The normalized spacial score (nSPS) is 10.3. The maximum atomic E-state index is 12.4. The van der Waals surface area contributed by atoms with Gasteiger partial charge in [0.25, 0.3) is 11.6 Å². The Hall–Kier alpha value is -2.60. The maximum Gasteiger partial charge on any atom is 0.272 e. The largest absolute Gasteiger partial charge is 0.492 e. The first-order chi connectivity index (χ1) is 11.4. The molecule has 0 N–H and O–H groups in total. The number of nitro groups is 1. The number of likely N-dealkylation sites (N-methyl/N-ethyl adjacent to an activating group) is 1. The molecule has 0 bridgehead atoms. The van der Waals surface area contributed by atoms with E-state index in [0.717, 1.165) is 0 Å². The van der Waals surface area contributed by atoms with Crippen molar-refractivity contribution in [2.75, 3.05) is 20.2 Å². The Kier molecular flexibility index (Phi) is 5.76. The van der Waals surface area contributed by atoms with Crippen LogP contribution in [0.25, 0.3) is 0 Å². The van der Waals surface area contributed by atoms with E-state index in [9.17, 15) is 14.9 Å². The van der Waals surface area contributed by atoms with Crippen LogP contribution >= 0.6 is 11.6 Å². The lowest BCUT2D eigenvalue weighted by Gasteiger charge is -2.18. The molecule has 2 rings (SSSR count). The zero-order valence-corrected chi connectivity index (χ0v) is 14.1.